The summed E-state index contributed by atoms with van der Waals surface area (Å²) in [4.78, 5) is 25.6. The summed E-state index contributed by atoms with van der Waals surface area (Å²) in [5.74, 6) is 0.345. The number of carbonyl (C=O) groups excluding carboxylic acids is 2. The zero-order valence-electron chi connectivity index (χ0n) is 14.8. The van der Waals surface area contributed by atoms with Gasteiger partial charge in [-0.1, -0.05) is 19.1 Å². The molecule has 0 fully saturated rings. The third-order valence-electron chi connectivity index (χ3n) is 4.51. The second-order valence-electron chi connectivity index (χ2n) is 5.49. The molecular weight excluding hydrogens is 312 g/mol. The third kappa shape index (κ3) is 2.25. The van der Waals surface area contributed by atoms with Crippen LogP contribution in [-0.2, 0) is 9.53 Å². The first-order valence-corrected chi connectivity index (χ1v) is 7.58. The Morgan fingerprint density at radius 3 is 2.08 bits per heavy atom. The standard InChI is InChI=1S/C18H22O6/c1-7-18(17(20)24-6)9-8-11-12(16(18)19)13(21-3)10(2)14(22-4)15(11)23-5/h8-9H,7H2,1-6H3. The molecule has 0 amide bonds. The van der Waals surface area contributed by atoms with E-state index < -0.39 is 11.4 Å². The number of ketones is 1. The Bertz CT molecular complexity index is 719. The zero-order chi connectivity index (χ0) is 18.1. The van der Waals surface area contributed by atoms with Gasteiger partial charge in [0.2, 0.25) is 0 Å². The van der Waals surface area contributed by atoms with Gasteiger partial charge in [0.1, 0.15) is 11.2 Å². The van der Waals surface area contributed by atoms with E-state index in [0.29, 0.717) is 33.9 Å². The Morgan fingerprint density at radius 2 is 1.62 bits per heavy atom. The average molecular weight is 334 g/mol. The average Bonchev–Trinajstić information content (AvgIpc) is 2.61. The van der Waals surface area contributed by atoms with Crippen LogP contribution in [0.2, 0.25) is 0 Å². The smallest absolute Gasteiger partial charge is 0.323 e. The van der Waals surface area contributed by atoms with E-state index in [-0.39, 0.29) is 12.2 Å². The predicted octanol–water partition coefficient (Wildman–Crippen LogP) is 2.80. The fourth-order valence-electron chi connectivity index (χ4n) is 3.20. The molecule has 0 radical (unpaired) electrons. The van der Waals surface area contributed by atoms with Crippen molar-refractivity contribution in [2.24, 2.45) is 5.41 Å². The fourth-order valence-corrected chi connectivity index (χ4v) is 3.20. The van der Waals surface area contributed by atoms with Gasteiger partial charge in [-0.05, 0) is 13.3 Å². The molecule has 0 saturated carbocycles. The molecule has 1 unspecified atom stereocenters. The molecule has 1 atom stereocenters. The number of benzene rings is 1. The molecule has 1 aliphatic carbocycles. The van der Waals surface area contributed by atoms with Crippen LogP contribution in [0.4, 0.5) is 0 Å². The van der Waals surface area contributed by atoms with Crippen LogP contribution in [0.25, 0.3) is 6.08 Å². The van der Waals surface area contributed by atoms with Crippen molar-refractivity contribution in [3.8, 4) is 17.2 Å². The molecule has 0 spiro atoms. The summed E-state index contributed by atoms with van der Waals surface area (Å²) >= 11 is 0. The molecule has 0 saturated heterocycles. The van der Waals surface area contributed by atoms with Gasteiger partial charge in [-0.3, -0.25) is 9.59 Å². The number of Topliss-reactive ketones (excluding diaryl/α,β-unsaturated/α-hetero) is 1. The van der Waals surface area contributed by atoms with Crippen molar-refractivity contribution in [1.29, 1.82) is 0 Å². The van der Waals surface area contributed by atoms with Crippen LogP contribution in [0.1, 0.15) is 34.8 Å². The van der Waals surface area contributed by atoms with E-state index in [1.807, 2.05) is 0 Å². The van der Waals surface area contributed by atoms with Crippen molar-refractivity contribution in [2.75, 3.05) is 28.4 Å². The molecule has 6 nitrogen and oxygen atoms in total. The summed E-state index contributed by atoms with van der Waals surface area (Å²) in [5.41, 5.74) is 0.118. The topological polar surface area (TPSA) is 71.1 Å². The van der Waals surface area contributed by atoms with Gasteiger partial charge in [0.25, 0.3) is 0 Å². The maximum absolute atomic E-state index is 13.2. The van der Waals surface area contributed by atoms with Crippen LogP contribution in [0.3, 0.4) is 0 Å². The maximum atomic E-state index is 13.2. The molecular formula is C18H22O6. The van der Waals surface area contributed by atoms with Crippen molar-refractivity contribution in [3.05, 3.63) is 22.8 Å². The third-order valence-corrected chi connectivity index (χ3v) is 4.51. The number of hydrogen-bond acceptors (Lipinski definition) is 6. The Kier molecular flexibility index (Phi) is 4.87. The van der Waals surface area contributed by atoms with Gasteiger partial charge in [0.05, 0.1) is 34.0 Å². The highest BCUT2D eigenvalue weighted by atomic mass is 16.5. The number of carbonyl (C=O) groups is 2. The SMILES string of the molecule is CCC1(C(=O)OC)C=Cc2c(OC)c(OC)c(C)c(OC)c2C1=O. The second kappa shape index (κ2) is 6.55. The van der Waals surface area contributed by atoms with Crippen molar-refractivity contribution in [1.82, 2.24) is 0 Å². The normalized spacial score (nSPS) is 18.8. The number of fused-ring (bicyclic) bond motifs is 1. The first kappa shape index (κ1) is 17.8. The molecule has 0 heterocycles. The lowest BCUT2D eigenvalue weighted by molar-refractivity contribution is -0.147. The molecule has 0 bridgehead atoms. The monoisotopic (exact) mass is 334 g/mol. The predicted molar refractivity (Wildman–Crippen MR) is 88.9 cm³/mol. The summed E-state index contributed by atoms with van der Waals surface area (Å²) in [6.07, 6.45) is 3.55. The largest absolute Gasteiger partial charge is 0.496 e. The minimum Gasteiger partial charge on any atom is -0.496 e. The molecule has 1 aliphatic rings. The van der Waals surface area contributed by atoms with Crippen LogP contribution in [0.15, 0.2) is 6.08 Å². The highest BCUT2D eigenvalue weighted by Gasteiger charge is 2.48. The Balaban J connectivity index is 2.87. The minimum atomic E-state index is -1.36. The second-order valence-corrected chi connectivity index (χ2v) is 5.49. The number of methoxy groups -OCH3 is 4. The van der Waals surface area contributed by atoms with E-state index in [2.05, 4.69) is 0 Å². The lowest BCUT2D eigenvalue weighted by atomic mass is 9.72. The molecule has 24 heavy (non-hydrogen) atoms. The lowest BCUT2D eigenvalue weighted by Gasteiger charge is -2.31. The number of rotatable bonds is 5. The highest BCUT2D eigenvalue weighted by Crippen LogP contribution is 2.49. The summed E-state index contributed by atoms with van der Waals surface area (Å²) in [6.45, 7) is 3.54. The molecule has 0 N–H and O–H groups in total. The summed E-state index contributed by atoms with van der Waals surface area (Å²) in [7, 11) is 5.78. The zero-order valence-corrected chi connectivity index (χ0v) is 14.8. The number of ether oxygens (including phenoxy) is 4. The van der Waals surface area contributed by atoms with Gasteiger partial charge >= 0.3 is 5.97 Å². The number of esters is 1. The number of hydrogen-bond donors (Lipinski definition) is 0. The summed E-state index contributed by atoms with van der Waals surface area (Å²) in [5, 5.41) is 0. The molecule has 0 aromatic heterocycles. The van der Waals surface area contributed by atoms with Crippen molar-refractivity contribution in [3.63, 3.8) is 0 Å². The molecule has 0 aliphatic heterocycles. The Morgan fingerprint density at radius 1 is 1.04 bits per heavy atom. The molecule has 1 aromatic carbocycles. The van der Waals surface area contributed by atoms with Crippen LogP contribution in [-0.4, -0.2) is 40.2 Å². The van der Waals surface area contributed by atoms with Crippen LogP contribution >= 0.6 is 0 Å². The summed E-state index contributed by atoms with van der Waals surface area (Å²) < 4.78 is 21.2. The van der Waals surface area contributed by atoms with Gasteiger partial charge in [0, 0.05) is 11.1 Å². The van der Waals surface area contributed by atoms with Crippen LogP contribution in [0, 0.1) is 12.3 Å². The Hall–Kier alpha value is -2.50. The van der Waals surface area contributed by atoms with E-state index in [9.17, 15) is 9.59 Å². The summed E-state index contributed by atoms with van der Waals surface area (Å²) in [6, 6.07) is 0. The van der Waals surface area contributed by atoms with Gasteiger partial charge in [-0.2, -0.15) is 0 Å². The molecule has 6 heteroatoms. The van der Waals surface area contributed by atoms with Crippen molar-refractivity contribution < 1.29 is 28.5 Å². The van der Waals surface area contributed by atoms with Gasteiger partial charge < -0.3 is 18.9 Å². The van der Waals surface area contributed by atoms with Crippen LogP contribution < -0.4 is 14.2 Å². The van der Waals surface area contributed by atoms with E-state index in [0.717, 1.165) is 0 Å². The maximum Gasteiger partial charge on any atom is 0.323 e. The minimum absolute atomic E-state index is 0.283. The van der Waals surface area contributed by atoms with Gasteiger partial charge in [-0.25, -0.2) is 0 Å². The molecule has 1 aromatic rings. The van der Waals surface area contributed by atoms with Crippen molar-refractivity contribution in [2.45, 2.75) is 20.3 Å². The van der Waals surface area contributed by atoms with E-state index >= 15 is 0 Å². The van der Waals surface area contributed by atoms with Crippen molar-refractivity contribution >= 4 is 17.8 Å². The van der Waals surface area contributed by atoms with Gasteiger partial charge in [0.15, 0.2) is 17.3 Å². The van der Waals surface area contributed by atoms with E-state index in [4.69, 9.17) is 18.9 Å². The quantitative estimate of drug-likeness (QED) is 0.609. The van der Waals surface area contributed by atoms with Crippen LogP contribution in [0.5, 0.6) is 17.2 Å². The Labute approximate surface area is 141 Å². The van der Waals surface area contributed by atoms with E-state index in [1.165, 1.54) is 28.4 Å². The fraction of sp³-hybridized carbons (Fsp3) is 0.444. The molecule has 130 valence electrons. The highest BCUT2D eigenvalue weighted by molar-refractivity contribution is 6.19. The van der Waals surface area contributed by atoms with Gasteiger partial charge in [-0.15, -0.1) is 0 Å². The van der Waals surface area contributed by atoms with E-state index in [1.54, 1.807) is 26.0 Å². The first-order chi connectivity index (χ1) is 11.4. The first-order valence-electron chi connectivity index (χ1n) is 7.58. The lowest BCUT2D eigenvalue weighted by Crippen LogP contribution is -2.40. The molecule has 2 rings (SSSR count).